The van der Waals surface area contributed by atoms with Crippen molar-refractivity contribution >= 4 is 22.8 Å². The Morgan fingerprint density at radius 1 is 1.19 bits per heavy atom. The maximum atomic E-state index is 12.6. The minimum Gasteiger partial charge on any atom is -0.325 e. The van der Waals surface area contributed by atoms with Crippen LogP contribution in [0.25, 0.3) is 11.2 Å². The molecule has 172 valence electrons. The first-order chi connectivity index (χ1) is 15.3. The van der Waals surface area contributed by atoms with Crippen LogP contribution in [0.5, 0.6) is 0 Å². The van der Waals surface area contributed by atoms with Crippen molar-refractivity contribution in [3.63, 3.8) is 0 Å². The van der Waals surface area contributed by atoms with Gasteiger partial charge in [-0.05, 0) is 51.4 Å². The Labute approximate surface area is 187 Å². The summed E-state index contributed by atoms with van der Waals surface area (Å²) < 4.78 is 3.35. The van der Waals surface area contributed by atoms with E-state index in [9.17, 15) is 14.4 Å². The topological polar surface area (TPSA) is 105 Å². The van der Waals surface area contributed by atoms with Crippen molar-refractivity contribution in [2.75, 3.05) is 18.9 Å². The van der Waals surface area contributed by atoms with E-state index >= 15 is 0 Å². The molecule has 0 radical (unpaired) electrons. The van der Waals surface area contributed by atoms with E-state index < -0.39 is 11.2 Å². The van der Waals surface area contributed by atoms with Crippen LogP contribution in [0.4, 0.5) is 5.69 Å². The number of aromatic nitrogens is 4. The molecule has 0 aliphatic carbocycles. The van der Waals surface area contributed by atoms with E-state index in [1.54, 1.807) is 0 Å². The second-order valence-electron chi connectivity index (χ2n) is 8.18. The largest absolute Gasteiger partial charge is 0.330 e. The Morgan fingerprint density at radius 3 is 2.62 bits per heavy atom. The van der Waals surface area contributed by atoms with Gasteiger partial charge in [0.15, 0.2) is 11.2 Å². The number of fused-ring (bicyclic) bond motifs is 1. The van der Waals surface area contributed by atoms with E-state index in [4.69, 9.17) is 0 Å². The lowest BCUT2D eigenvalue weighted by atomic mass is 10.1. The Bertz CT molecular complexity index is 1240. The van der Waals surface area contributed by atoms with Crippen molar-refractivity contribution < 1.29 is 4.79 Å². The fourth-order valence-electron chi connectivity index (χ4n) is 3.82. The van der Waals surface area contributed by atoms with Gasteiger partial charge < -0.3 is 9.88 Å². The number of carbonyl (C=O) groups is 1. The molecule has 0 fully saturated rings. The van der Waals surface area contributed by atoms with Crippen molar-refractivity contribution in [3.05, 3.63) is 56.0 Å². The maximum Gasteiger partial charge on any atom is 0.330 e. The molecule has 0 spiro atoms. The highest BCUT2D eigenvalue weighted by atomic mass is 16.2. The SMILES string of the molecule is CCCCn1c(=O)[nH]c(=O)c2c1nc(CN(C)CC(=O)Nc1cccc(C)c1C)n2CC. The van der Waals surface area contributed by atoms with Crippen LogP contribution in [-0.2, 0) is 24.4 Å². The molecule has 3 aromatic rings. The number of hydrogen-bond donors (Lipinski definition) is 2. The number of nitrogens with zero attached hydrogens (tertiary/aromatic N) is 4. The fourth-order valence-corrected chi connectivity index (χ4v) is 3.82. The van der Waals surface area contributed by atoms with E-state index in [1.165, 1.54) is 4.57 Å². The Morgan fingerprint density at radius 2 is 1.94 bits per heavy atom. The van der Waals surface area contributed by atoms with E-state index in [0.717, 1.165) is 29.7 Å². The smallest absolute Gasteiger partial charge is 0.325 e. The number of amides is 1. The summed E-state index contributed by atoms with van der Waals surface area (Å²) in [5, 5.41) is 2.96. The zero-order chi connectivity index (χ0) is 23.4. The van der Waals surface area contributed by atoms with Gasteiger partial charge in [-0.15, -0.1) is 0 Å². The van der Waals surface area contributed by atoms with Crippen molar-refractivity contribution in [1.82, 2.24) is 24.0 Å². The lowest BCUT2D eigenvalue weighted by Crippen LogP contribution is -2.31. The summed E-state index contributed by atoms with van der Waals surface area (Å²) in [6, 6.07) is 5.81. The summed E-state index contributed by atoms with van der Waals surface area (Å²) in [7, 11) is 1.83. The van der Waals surface area contributed by atoms with Crippen molar-refractivity contribution in [2.24, 2.45) is 0 Å². The summed E-state index contributed by atoms with van der Waals surface area (Å²) in [5.74, 6) is 0.518. The molecule has 0 aliphatic rings. The summed E-state index contributed by atoms with van der Waals surface area (Å²) in [5.41, 5.74) is 2.88. The number of unbranched alkanes of at least 4 members (excludes halogenated alkanes) is 1. The molecule has 2 heterocycles. The zero-order valence-electron chi connectivity index (χ0n) is 19.5. The second kappa shape index (κ2) is 9.95. The van der Waals surface area contributed by atoms with E-state index in [0.29, 0.717) is 36.6 Å². The number of likely N-dealkylation sites (N-methyl/N-ethyl adjacent to an activating group) is 1. The molecule has 0 saturated carbocycles. The monoisotopic (exact) mass is 440 g/mol. The first-order valence-electron chi connectivity index (χ1n) is 11.0. The van der Waals surface area contributed by atoms with Crippen LogP contribution in [0.3, 0.4) is 0 Å². The number of carbonyl (C=O) groups excluding carboxylic acids is 1. The molecular weight excluding hydrogens is 408 g/mol. The van der Waals surface area contributed by atoms with Gasteiger partial charge >= 0.3 is 5.69 Å². The molecule has 1 aromatic carbocycles. The molecule has 0 atom stereocenters. The molecule has 0 saturated heterocycles. The first kappa shape index (κ1) is 23.5. The molecule has 3 rings (SSSR count). The highest BCUT2D eigenvalue weighted by Crippen LogP contribution is 2.18. The highest BCUT2D eigenvalue weighted by molar-refractivity contribution is 5.93. The number of aromatic amines is 1. The predicted octanol–water partition coefficient (Wildman–Crippen LogP) is 2.39. The van der Waals surface area contributed by atoms with Gasteiger partial charge in [0.2, 0.25) is 5.91 Å². The molecule has 9 heteroatoms. The molecule has 9 nitrogen and oxygen atoms in total. The molecule has 2 N–H and O–H groups in total. The van der Waals surface area contributed by atoms with Crippen LogP contribution in [0.2, 0.25) is 0 Å². The average Bonchev–Trinajstić information content (AvgIpc) is 3.09. The molecule has 0 aliphatic heterocycles. The summed E-state index contributed by atoms with van der Waals surface area (Å²) in [6.07, 6.45) is 1.74. The van der Waals surface area contributed by atoms with E-state index in [1.807, 2.05) is 62.4 Å². The first-order valence-corrected chi connectivity index (χ1v) is 11.0. The minimum atomic E-state index is -0.440. The van der Waals surface area contributed by atoms with Crippen LogP contribution in [0.15, 0.2) is 27.8 Å². The molecule has 0 bridgehead atoms. The van der Waals surface area contributed by atoms with Crippen molar-refractivity contribution in [3.8, 4) is 0 Å². The third kappa shape index (κ3) is 4.83. The Balaban J connectivity index is 1.84. The van der Waals surface area contributed by atoms with Gasteiger partial charge in [-0.3, -0.25) is 24.0 Å². The molecular formula is C23H32N6O3. The van der Waals surface area contributed by atoms with Gasteiger partial charge in [0.25, 0.3) is 5.56 Å². The van der Waals surface area contributed by atoms with Gasteiger partial charge in [-0.1, -0.05) is 25.5 Å². The van der Waals surface area contributed by atoms with Crippen LogP contribution in [0, 0.1) is 13.8 Å². The van der Waals surface area contributed by atoms with Crippen LogP contribution < -0.4 is 16.6 Å². The highest BCUT2D eigenvalue weighted by Gasteiger charge is 2.19. The summed E-state index contributed by atoms with van der Waals surface area (Å²) in [6.45, 7) is 9.52. The number of H-pyrrole nitrogens is 1. The number of hydrogen-bond acceptors (Lipinski definition) is 5. The number of aryl methyl sites for hydroxylation is 3. The lowest BCUT2D eigenvalue weighted by molar-refractivity contribution is -0.117. The third-order valence-electron chi connectivity index (χ3n) is 5.72. The number of benzene rings is 1. The van der Waals surface area contributed by atoms with Gasteiger partial charge in [0.1, 0.15) is 5.82 Å². The van der Waals surface area contributed by atoms with Gasteiger partial charge in [-0.2, -0.15) is 0 Å². The van der Waals surface area contributed by atoms with Gasteiger partial charge in [0.05, 0.1) is 13.1 Å². The van der Waals surface area contributed by atoms with Crippen LogP contribution in [0.1, 0.15) is 43.6 Å². The quantitative estimate of drug-likeness (QED) is 0.532. The number of rotatable bonds is 9. The predicted molar refractivity (Wildman–Crippen MR) is 126 cm³/mol. The third-order valence-corrected chi connectivity index (χ3v) is 5.72. The zero-order valence-corrected chi connectivity index (χ0v) is 19.5. The molecule has 32 heavy (non-hydrogen) atoms. The number of nitrogens with one attached hydrogen (secondary N) is 2. The fraction of sp³-hybridized carbons (Fsp3) is 0.478. The lowest BCUT2D eigenvalue weighted by Gasteiger charge is -2.17. The van der Waals surface area contributed by atoms with E-state index in [-0.39, 0.29) is 12.5 Å². The van der Waals surface area contributed by atoms with Crippen molar-refractivity contribution in [1.29, 1.82) is 0 Å². The number of imidazole rings is 1. The van der Waals surface area contributed by atoms with Gasteiger partial charge in [0, 0.05) is 18.8 Å². The average molecular weight is 441 g/mol. The van der Waals surface area contributed by atoms with E-state index in [2.05, 4.69) is 15.3 Å². The Hall–Kier alpha value is -3.20. The summed E-state index contributed by atoms with van der Waals surface area (Å²) >= 11 is 0. The normalized spacial score (nSPS) is 11.4. The van der Waals surface area contributed by atoms with Crippen molar-refractivity contribution in [2.45, 2.75) is 60.2 Å². The van der Waals surface area contributed by atoms with Crippen LogP contribution in [-0.4, -0.2) is 43.5 Å². The number of anilines is 1. The maximum absolute atomic E-state index is 12.6. The van der Waals surface area contributed by atoms with Crippen LogP contribution >= 0.6 is 0 Å². The minimum absolute atomic E-state index is 0.127. The summed E-state index contributed by atoms with van der Waals surface area (Å²) in [4.78, 5) is 46.4. The standard InChI is InChI=1S/C23H32N6O3/c1-6-8-12-29-21-20(22(31)26-23(29)32)28(7-2)18(25-21)13-27(5)14-19(30)24-17-11-9-10-15(3)16(17)4/h9-11H,6-8,12-14H2,1-5H3,(H,24,30)(H,26,31,32). The Kier molecular flexibility index (Phi) is 7.29. The molecule has 1 amide bonds. The second-order valence-corrected chi connectivity index (χ2v) is 8.18. The molecule has 2 aromatic heterocycles. The van der Waals surface area contributed by atoms with Gasteiger partial charge in [-0.25, -0.2) is 9.78 Å². The molecule has 0 unspecified atom stereocenters.